The largest absolute Gasteiger partial charge is 1.00 e. The van der Waals surface area contributed by atoms with Crippen LogP contribution >= 0.6 is 11.8 Å². The summed E-state index contributed by atoms with van der Waals surface area (Å²) in [4.78, 5) is 0.814. The minimum atomic E-state index is -4.80. The van der Waals surface area contributed by atoms with Crippen molar-refractivity contribution in [3.05, 3.63) is 108 Å². The molecule has 4 rings (SSSR count). The first-order valence-electron chi connectivity index (χ1n) is 16.6. The van der Waals surface area contributed by atoms with E-state index in [0.717, 1.165) is 41.9 Å². The second kappa shape index (κ2) is 19.3. The second-order valence-corrected chi connectivity index (χ2v) is 14.7. The molecule has 0 saturated heterocycles. The average molecular weight is 699 g/mol. The number of hydrogen-bond acceptors (Lipinski definition) is 7. The van der Waals surface area contributed by atoms with E-state index >= 15 is 0 Å². The Hall–Kier alpha value is -2.14. The van der Waals surface area contributed by atoms with Gasteiger partial charge in [0.1, 0.15) is 22.0 Å². The van der Waals surface area contributed by atoms with Crippen LogP contribution in [0.2, 0.25) is 0 Å². The molecule has 4 aromatic rings. The van der Waals surface area contributed by atoms with Crippen molar-refractivity contribution in [1.82, 2.24) is 0 Å². The number of ether oxygens (including phenoxy) is 2. The molecule has 1 unspecified atom stereocenters. The molecule has 0 saturated carbocycles. The van der Waals surface area contributed by atoms with Crippen molar-refractivity contribution in [1.29, 1.82) is 0 Å². The van der Waals surface area contributed by atoms with Gasteiger partial charge in [0.2, 0.25) is 0 Å². The van der Waals surface area contributed by atoms with Crippen molar-refractivity contribution in [3.63, 3.8) is 0 Å². The Labute approximate surface area is 313 Å². The van der Waals surface area contributed by atoms with Gasteiger partial charge in [-0.25, -0.2) is 8.42 Å². The zero-order valence-corrected chi connectivity index (χ0v) is 32.5. The molecule has 252 valence electrons. The van der Waals surface area contributed by atoms with Gasteiger partial charge in [-0.3, -0.25) is 0 Å². The van der Waals surface area contributed by atoms with E-state index in [9.17, 15) is 18.1 Å². The third kappa shape index (κ3) is 11.5. The Balaban J connectivity index is 0.00000625. The fourth-order valence-electron chi connectivity index (χ4n) is 5.40. The van der Waals surface area contributed by atoms with Gasteiger partial charge in [-0.05, 0) is 97.0 Å². The molecule has 0 aliphatic rings. The van der Waals surface area contributed by atoms with E-state index in [1.165, 1.54) is 37.1 Å². The fourth-order valence-corrected chi connectivity index (χ4v) is 7.24. The predicted octanol–water partition coefficient (Wildman–Crippen LogP) is 6.90. The van der Waals surface area contributed by atoms with Crippen LogP contribution < -0.4 is 34.3 Å². The summed E-state index contributed by atoms with van der Waals surface area (Å²) in [5, 5.41) is 11.7. The van der Waals surface area contributed by atoms with Gasteiger partial charge in [0.25, 0.3) is 0 Å². The van der Waals surface area contributed by atoms with E-state index in [1.807, 2.05) is 86.6 Å². The second-order valence-electron chi connectivity index (χ2n) is 12.3. The normalized spacial score (nSPS) is 12.4. The molecule has 4 aromatic carbocycles. The van der Waals surface area contributed by atoms with Crippen LogP contribution in [0, 0.1) is 0 Å². The molecule has 48 heavy (non-hydrogen) atoms. The van der Waals surface area contributed by atoms with Gasteiger partial charge >= 0.3 is 29.6 Å². The average Bonchev–Trinajstić information content (AvgIpc) is 3.06. The molecule has 1 atom stereocenters. The molecule has 9 heteroatoms. The summed E-state index contributed by atoms with van der Waals surface area (Å²) in [6.07, 6.45) is 6.84. The van der Waals surface area contributed by atoms with Crippen molar-refractivity contribution in [2.75, 3.05) is 13.2 Å². The predicted molar refractivity (Wildman–Crippen MR) is 189 cm³/mol. The first-order chi connectivity index (χ1) is 22.5. The number of hydrogen-bond donors (Lipinski definition) is 1. The molecule has 0 aliphatic heterocycles. The van der Waals surface area contributed by atoms with Gasteiger partial charge < -0.3 is 19.1 Å². The first-order valence-corrected chi connectivity index (χ1v) is 18.8. The Morgan fingerprint density at radius 1 is 0.812 bits per heavy atom. The summed E-state index contributed by atoms with van der Waals surface area (Å²) < 4.78 is 49.5. The van der Waals surface area contributed by atoms with Gasteiger partial charge in [0.05, 0.1) is 17.1 Å². The van der Waals surface area contributed by atoms with Crippen molar-refractivity contribution >= 4 is 21.9 Å². The quantitative estimate of drug-likeness (QED) is 0.0687. The summed E-state index contributed by atoms with van der Waals surface area (Å²) in [5.74, 6) is 0.740. The molecule has 0 bridgehead atoms. The Bertz CT molecular complexity index is 1690. The van der Waals surface area contributed by atoms with Crippen LogP contribution in [-0.4, -0.2) is 31.3 Å². The molecule has 6 nitrogen and oxygen atoms in total. The summed E-state index contributed by atoms with van der Waals surface area (Å²) in [6.45, 7) is 9.69. The van der Waals surface area contributed by atoms with Crippen LogP contribution in [0.15, 0.2) is 106 Å². The minimum Gasteiger partial charge on any atom is -0.744 e. The van der Waals surface area contributed by atoms with Crippen molar-refractivity contribution in [2.24, 2.45) is 0 Å². The summed E-state index contributed by atoms with van der Waals surface area (Å²) in [7, 11) is -4.80. The maximum atomic E-state index is 12.5. The monoisotopic (exact) mass is 698 g/mol. The Kier molecular flexibility index (Phi) is 16.2. The molecular weight excluding hydrogens is 652 g/mol. The smallest absolute Gasteiger partial charge is 0.744 e. The third-order valence-corrected chi connectivity index (χ3v) is 10.3. The van der Waals surface area contributed by atoms with E-state index < -0.39 is 21.8 Å². The van der Waals surface area contributed by atoms with Gasteiger partial charge in [-0.2, -0.15) is 0 Å². The number of rotatable bonds is 18. The van der Waals surface area contributed by atoms with Crippen molar-refractivity contribution in [3.8, 4) is 16.9 Å². The SMILES string of the molecule is CCCCCCCOC(C)(C)c1cccc(C(O)c2ccccc2-c2ccc(Sc3ccc(OCCCC)cc3)c(S(=O)(=O)[O-])c2)c1.[Na+]. The van der Waals surface area contributed by atoms with E-state index in [-0.39, 0.29) is 34.5 Å². The number of benzene rings is 4. The van der Waals surface area contributed by atoms with E-state index in [4.69, 9.17) is 9.47 Å². The minimum absolute atomic E-state index is 0. The molecule has 0 fully saturated rings. The van der Waals surface area contributed by atoms with Gasteiger partial charge in [-0.15, -0.1) is 0 Å². The molecule has 0 aromatic heterocycles. The summed E-state index contributed by atoms with van der Waals surface area (Å²) >= 11 is 1.21. The summed E-state index contributed by atoms with van der Waals surface area (Å²) in [6, 6.07) is 27.3. The molecule has 0 heterocycles. The summed E-state index contributed by atoms with van der Waals surface area (Å²) in [5.41, 5.74) is 2.90. The topological polar surface area (TPSA) is 95.9 Å². The first kappa shape index (κ1) is 40.3. The zero-order valence-electron chi connectivity index (χ0n) is 28.9. The van der Waals surface area contributed by atoms with Crippen LogP contribution in [0.1, 0.15) is 95.4 Å². The Morgan fingerprint density at radius 3 is 2.23 bits per heavy atom. The Morgan fingerprint density at radius 2 is 1.52 bits per heavy atom. The van der Waals surface area contributed by atoms with Crippen LogP contribution in [0.3, 0.4) is 0 Å². The van der Waals surface area contributed by atoms with Crippen molar-refractivity contribution in [2.45, 2.75) is 99.0 Å². The van der Waals surface area contributed by atoms with Crippen LogP contribution in [0.25, 0.3) is 11.1 Å². The molecular formula is C39H47NaO6S2. The number of aliphatic hydroxyl groups excluding tert-OH is 1. The van der Waals surface area contributed by atoms with Crippen LogP contribution in [-0.2, 0) is 20.5 Å². The maximum Gasteiger partial charge on any atom is 1.00 e. The van der Waals surface area contributed by atoms with Crippen LogP contribution in [0.5, 0.6) is 5.75 Å². The van der Waals surface area contributed by atoms with Gasteiger partial charge in [-0.1, -0.05) is 106 Å². The maximum absolute atomic E-state index is 12.5. The van der Waals surface area contributed by atoms with Gasteiger partial charge in [0, 0.05) is 16.4 Å². The van der Waals surface area contributed by atoms with E-state index in [1.54, 1.807) is 12.1 Å². The molecule has 0 spiro atoms. The zero-order chi connectivity index (χ0) is 33.9. The number of aliphatic hydroxyl groups is 1. The molecule has 1 N–H and O–H groups in total. The molecule has 0 aliphatic carbocycles. The van der Waals surface area contributed by atoms with E-state index in [2.05, 4.69) is 13.8 Å². The standard InChI is InChI=1S/C39H48O6S2.Na/c1-5-7-9-10-13-26-45-39(3,4)31-16-14-15-30(27-31)38(40)35-18-12-11-17-34(35)29-19-24-36(37(28-29)47(41,42)43)46-33-22-20-32(21-23-33)44-25-8-6-2;/h11-12,14-24,27-28,38,40H,5-10,13,25-26H2,1-4H3,(H,41,42,43);/q;+1/p-1. The molecule has 0 radical (unpaired) electrons. The fraction of sp³-hybridized carbons (Fsp3) is 0.385. The van der Waals surface area contributed by atoms with E-state index in [0.29, 0.717) is 40.4 Å². The van der Waals surface area contributed by atoms with Gasteiger partial charge in [0.15, 0.2) is 0 Å². The van der Waals surface area contributed by atoms with Crippen LogP contribution in [0.4, 0.5) is 0 Å². The van der Waals surface area contributed by atoms with Crippen molar-refractivity contribution < 1.29 is 57.1 Å². The third-order valence-electron chi connectivity index (χ3n) is 8.21. The molecule has 0 amide bonds. The number of unbranched alkanes of at least 4 members (excludes halogenated alkanes) is 5.